The average Bonchev–Trinajstić information content (AvgIpc) is 2.67. The summed E-state index contributed by atoms with van der Waals surface area (Å²) in [6.07, 6.45) is 11.1. The van der Waals surface area contributed by atoms with Gasteiger partial charge in [0.15, 0.2) is 0 Å². The van der Waals surface area contributed by atoms with Crippen LogP contribution in [0.5, 0.6) is 0 Å². The number of anilines is 1. The van der Waals surface area contributed by atoms with Crippen molar-refractivity contribution < 1.29 is 4.74 Å². The highest BCUT2D eigenvalue weighted by atomic mass is 16.5. The summed E-state index contributed by atoms with van der Waals surface area (Å²) < 4.78 is 6.32. The molecular weight excluding hydrogens is 390 g/mol. The number of allylic oxidation sites excluding steroid dienone is 6. The summed E-state index contributed by atoms with van der Waals surface area (Å²) in [6.45, 7) is 22.9. The van der Waals surface area contributed by atoms with Crippen molar-refractivity contribution in [2.45, 2.75) is 80.6 Å². The van der Waals surface area contributed by atoms with E-state index in [9.17, 15) is 0 Å². The molecule has 0 saturated carbocycles. The fraction of sp³-hybridized carbons (Fsp3) is 0.533. The van der Waals surface area contributed by atoms with Crippen LogP contribution in [0.1, 0.15) is 85.4 Å². The highest BCUT2D eigenvalue weighted by molar-refractivity contribution is 5.70. The molecule has 3 heterocycles. The van der Waals surface area contributed by atoms with E-state index in [0.29, 0.717) is 5.41 Å². The molecule has 0 spiro atoms. The highest BCUT2D eigenvalue weighted by Crippen LogP contribution is 2.47. The molecule has 172 valence electrons. The third-order valence-corrected chi connectivity index (χ3v) is 7.12. The zero-order valence-corrected chi connectivity index (χ0v) is 21.6. The van der Waals surface area contributed by atoms with E-state index in [1.54, 1.807) is 0 Å². The van der Waals surface area contributed by atoms with Gasteiger partial charge in [-0.15, -0.1) is 0 Å². The van der Waals surface area contributed by atoms with Gasteiger partial charge in [-0.3, -0.25) is 0 Å². The lowest BCUT2D eigenvalue weighted by atomic mass is 9.71. The number of nitrogens with zero attached hydrogens (tertiary/aromatic N) is 1. The van der Waals surface area contributed by atoms with Gasteiger partial charge < -0.3 is 9.64 Å². The number of hydrogen-bond donors (Lipinski definition) is 0. The molecule has 2 nitrogen and oxygen atoms in total. The monoisotopic (exact) mass is 431 g/mol. The Balaban J connectivity index is 1.72. The summed E-state index contributed by atoms with van der Waals surface area (Å²) in [5, 5.41) is 0. The Labute approximate surface area is 195 Å². The van der Waals surface area contributed by atoms with Gasteiger partial charge in [0, 0.05) is 24.2 Å². The van der Waals surface area contributed by atoms with E-state index in [-0.39, 0.29) is 10.8 Å². The van der Waals surface area contributed by atoms with E-state index in [4.69, 9.17) is 4.74 Å². The fourth-order valence-corrected chi connectivity index (χ4v) is 5.19. The third kappa shape index (κ3) is 4.47. The van der Waals surface area contributed by atoms with Crippen molar-refractivity contribution in [3.63, 3.8) is 0 Å². The minimum Gasteiger partial charge on any atom is -0.461 e. The summed E-state index contributed by atoms with van der Waals surface area (Å²) in [6, 6.07) is 4.84. The van der Waals surface area contributed by atoms with Crippen molar-refractivity contribution in [2.75, 3.05) is 18.0 Å². The van der Waals surface area contributed by atoms with Gasteiger partial charge in [0.25, 0.3) is 0 Å². The van der Waals surface area contributed by atoms with E-state index >= 15 is 0 Å². The first-order chi connectivity index (χ1) is 14.7. The molecule has 0 radical (unpaired) electrons. The average molecular weight is 432 g/mol. The lowest BCUT2D eigenvalue weighted by Gasteiger charge is -2.48. The van der Waals surface area contributed by atoms with Crippen LogP contribution in [0.15, 0.2) is 53.0 Å². The molecule has 4 rings (SSSR count). The van der Waals surface area contributed by atoms with Crippen molar-refractivity contribution in [2.24, 2.45) is 10.8 Å². The molecule has 0 amide bonds. The summed E-state index contributed by atoms with van der Waals surface area (Å²) in [5.41, 5.74) is 8.86. The number of rotatable bonds is 2. The molecule has 0 atom stereocenters. The first-order valence-corrected chi connectivity index (χ1v) is 12.1. The third-order valence-electron chi connectivity index (χ3n) is 7.12. The van der Waals surface area contributed by atoms with Gasteiger partial charge in [0.1, 0.15) is 11.5 Å². The Morgan fingerprint density at radius 2 is 1.75 bits per heavy atom. The van der Waals surface area contributed by atoms with Gasteiger partial charge in [0.2, 0.25) is 0 Å². The van der Waals surface area contributed by atoms with Gasteiger partial charge in [-0.25, -0.2) is 0 Å². The minimum atomic E-state index is -0.0247. The molecule has 0 fully saturated rings. The first kappa shape index (κ1) is 23.0. The van der Waals surface area contributed by atoms with Gasteiger partial charge in [-0.2, -0.15) is 0 Å². The molecule has 0 unspecified atom stereocenters. The van der Waals surface area contributed by atoms with Crippen molar-refractivity contribution in [1.82, 2.24) is 0 Å². The van der Waals surface area contributed by atoms with Crippen LogP contribution in [0.25, 0.3) is 6.08 Å². The molecule has 0 saturated heterocycles. The normalized spacial score (nSPS) is 21.7. The maximum Gasteiger partial charge on any atom is 0.127 e. The Morgan fingerprint density at radius 1 is 1.03 bits per heavy atom. The van der Waals surface area contributed by atoms with E-state index in [0.717, 1.165) is 24.5 Å². The van der Waals surface area contributed by atoms with E-state index < -0.39 is 0 Å². The molecule has 32 heavy (non-hydrogen) atoms. The quantitative estimate of drug-likeness (QED) is 0.471. The van der Waals surface area contributed by atoms with Crippen LogP contribution < -0.4 is 4.90 Å². The Morgan fingerprint density at radius 3 is 2.41 bits per heavy atom. The molecule has 0 aliphatic carbocycles. The molecule has 1 aromatic carbocycles. The van der Waals surface area contributed by atoms with Crippen LogP contribution in [0, 0.1) is 10.8 Å². The smallest absolute Gasteiger partial charge is 0.127 e. The second-order valence-corrected chi connectivity index (χ2v) is 12.7. The van der Waals surface area contributed by atoms with Crippen LogP contribution in [0.4, 0.5) is 5.69 Å². The largest absolute Gasteiger partial charge is 0.461 e. The topological polar surface area (TPSA) is 12.5 Å². The van der Waals surface area contributed by atoms with E-state index in [1.807, 2.05) is 0 Å². The van der Waals surface area contributed by atoms with Crippen molar-refractivity contribution in [3.8, 4) is 0 Å². The zero-order chi connectivity index (χ0) is 23.5. The molecule has 3 aliphatic heterocycles. The first-order valence-electron chi connectivity index (χ1n) is 12.1. The standard InChI is InChI=1S/C30H41NO/c1-20(2)22-16-24(32-26(17-22)28(3,4)5)11-10-21-14-23-18-29(6,7)19-31-13-12-30(8,9)25(15-21)27(23)31/h10-11,14-17H,12-13,18-19H2,1-9H3. The van der Waals surface area contributed by atoms with E-state index in [2.05, 4.69) is 104 Å². The molecular formula is C30H41NO. The van der Waals surface area contributed by atoms with Gasteiger partial charge in [0.05, 0.1) is 0 Å². The molecule has 3 aliphatic rings. The van der Waals surface area contributed by atoms with Crippen molar-refractivity contribution in [3.05, 3.63) is 69.7 Å². The Hall–Kier alpha value is -2.22. The Kier molecular flexibility index (Phi) is 5.51. The van der Waals surface area contributed by atoms with Crippen molar-refractivity contribution in [1.29, 1.82) is 0 Å². The predicted molar refractivity (Wildman–Crippen MR) is 138 cm³/mol. The lowest BCUT2D eigenvalue weighted by molar-refractivity contribution is 0.223. The molecule has 0 N–H and O–H groups in total. The van der Waals surface area contributed by atoms with Gasteiger partial charge in [-0.1, -0.05) is 60.1 Å². The predicted octanol–water partition coefficient (Wildman–Crippen LogP) is 7.95. The fourth-order valence-electron chi connectivity index (χ4n) is 5.19. The van der Waals surface area contributed by atoms with Crippen molar-refractivity contribution >= 4 is 11.8 Å². The number of hydrogen-bond acceptors (Lipinski definition) is 2. The van der Waals surface area contributed by atoms with Gasteiger partial charge in [-0.05, 0) is 90.1 Å². The molecule has 0 aromatic heterocycles. The maximum absolute atomic E-state index is 6.32. The van der Waals surface area contributed by atoms with Crippen LogP contribution in [0.2, 0.25) is 0 Å². The van der Waals surface area contributed by atoms with Crippen LogP contribution in [0.3, 0.4) is 0 Å². The maximum atomic E-state index is 6.32. The second kappa shape index (κ2) is 7.68. The van der Waals surface area contributed by atoms with Crippen LogP contribution in [-0.2, 0) is 16.6 Å². The SMILES string of the molecule is CC(C)=C1C=C(C=Cc2cc3c4c(c2)C(C)(C)CCN4CC(C)(C)C3)OC(C(C)(C)C)=C1. The second-order valence-electron chi connectivity index (χ2n) is 12.7. The minimum absolute atomic E-state index is 0.0247. The summed E-state index contributed by atoms with van der Waals surface area (Å²) >= 11 is 0. The highest BCUT2D eigenvalue weighted by Gasteiger charge is 2.39. The molecule has 0 bridgehead atoms. The van der Waals surface area contributed by atoms with Crippen LogP contribution in [-0.4, -0.2) is 13.1 Å². The lowest BCUT2D eigenvalue weighted by Crippen LogP contribution is -2.46. The molecule has 1 aromatic rings. The molecule has 2 heteroatoms. The summed E-state index contributed by atoms with van der Waals surface area (Å²) in [7, 11) is 0. The summed E-state index contributed by atoms with van der Waals surface area (Å²) in [4.78, 5) is 2.64. The van der Waals surface area contributed by atoms with Crippen LogP contribution >= 0.6 is 0 Å². The number of benzene rings is 1. The zero-order valence-electron chi connectivity index (χ0n) is 21.6. The Bertz CT molecular complexity index is 1050. The van der Waals surface area contributed by atoms with Gasteiger partial charge >= 0.3 is 0 Å². The summed E-state index contributed by atoms with van der Waals surface area (Å²) in [5.74, 6) is 1.94. The number of ether oxygens (including phenoxy) is 1. The van der Waals surface area contributed by atoms with E-state index in [1.165, 1.54) is 46.5 Å².